The molecule has 0 spiro atoms. The zero-order valence-electron chi connectivity index (χ0n) is 12.4. The lowest BCUT2D eigenvalue weighted by Gasteiger charge is -2.23. The number of hydrogen-bond donors (Lipinski definition) is 2. The van der Waals surface area contributed by atoms with Crippen molar-refractivity contribution in [1.29, 1.82) is 0 Å². The smallest absolute Gasteiger partial charge is 0.128 e. The van der Waals surface area contributed by atoms with E-state index in [1.54, 1.807) is 0 Å². The van der Waals surface area contributed by atoms with Crippen LogP contribution in [0.25, 0.3) is 0 Å². The van der Waals surface area contributed by atoms with Crippen LogP contribution in [0.1, 0.15) is 45.2 Å². The third kappa shape index (κ3) is 5.17. The van der Waals surface area contributed by atoms with Gasteiger partial charge in [0.05, 0.1) is 6.61 Å². The number of aliphatic hydroxyl groups is 1. The molecule has 0 saturated heterocycles. The fourth-order valence-corrected chi connectivity index (χ4v) is 2.08. The van der Waals surface area contributed by atoms with Gasteiger partial charge in [-0.1, -0.05) is 26.3 Å². The van der Waals surface area contributed by atoms with Gasteiger partial charge in [0.25, 0.3) is 0 Å². The van der Waals surface area contributed by atoms with Crippen LogP contribution in [0.4, 0.5) is 5.82 Å². The Morgan fingerprint density at radius 2 is 2.11 bits per heavy atom. The molecule has 1 unspecified atom stereocenters. The largest absolute Gasteiger partial charge is 0.395 e. The van der Waals surface area contributed by atoms with Crippen LogP contribution < -0.4 is 10.2 Å². The Hall–Kier alpha value is -1.13. The van der Waals surface area contributed by atoms with E-state index in [0.29, 0.717) is 12.6 Å². The van der Waals surface area contributed by atoms with Crippen molar-refractivity contribution in [3.8, 4) is 0 Å². The van der Waals surface area contributed by atoms with E-state index < -0.39 is 0 Å². The van der Waals surface area contributed by atoms with Gasteiger partial charge in [-0.3, -0.25) is 0 Å². The Kier molecular flexibility index (Phi) is 7.45. The third-order valence-electron chi connectivity index (χ3n) is 3.26. The summed E-state index contributed by atoms with van der Waals surface area (Å²) in [4.78, 5) is 6.67. The summed E-state index contributed by atoms with van der Waals surface area (Å²) in [5.74, 6) is 0.954. The lowest BCUT2D eigenvalue weighted by molar-refractivity contribution is 0.301. The summed E-state index contributed by atoms with van der Waals surface area (Å²) >= 11 is 0. The predicted octanol–water partition coefficient (Wildman–Crippen LogP) is 2.35. The Bertz CT molecular complexity index is 340. The molecule has 4 nitrogen and oxygen atoms in total. The number of rotatable bonds is 9. The highest BCUT2D eigenvalue weighted by atomic mass is 16.3. The molecule has 0 aromatic carbocycles. The minimum atomic E-state index is 0.168. The minimum Gasteiger partial charge on any atom is -0.395 e. The maximum Gasteiger partial charge on any atom is 0.128 e. The van der Waals surface area contributed by atoms with E-state index in [9.17, 15) is 0 Å². The van der Waals surface area contributed by atoms with Gasteiger partial charge < -0.3 is 15.3 Å². The lowest BCUT2D eigenvalue weighted by Crippen LogP contribution is -2.28. The molecule has 108 valence electrons. The van der Waals surface area contributed by atoms with Crippen molar-refractivity contribution in [2.75, 3.05) is 31.1 Å². The number of pyridine rings is 1. The van der Waals surface area contributed by atoms with Gasteiger partial charge >= 0.3 is 0 Å². The van der Waals surface area contributed by atoms with Gasteiger partial charge in [0.2, 0.25) is 0 Å². The van der Waals surface area contributed by atoms with Crippen LogP contribution in [0.15, 0.2) is 18.3 Å². The Morgan fingerprint density at radius 1 is 1.32 bits per heavy atom. The number of unbranched alkanes of at least 4 members (excludes halogenated alkanes) is 1. The number of aliphatic hydroxyl groups excluding tert-OH is 1. The van der Waals surface area contributed by atoms with Gasteiger partial charge in [-0.05, 0) is 31.5 Å². The monoisotopic (exact) mass is 265 g/mol. The molecule has 1 aromatic heterocycles. The first-order valence-electron chi connectivity index (χ1n) is 7.28. The molecule has 0 fully saturated rings. The van der Waals surface area contributed by atoms with Gasteiger partial charge in [0.1, 0.15) is 5.82 Å². The molecular formula is C15H27N3O. The SMILES string of the molecule is CCCCN(CCO)c1ccc(C(C)NCC)cn1. The zero-order valence-corrected chi connectivity index (χ0v) is 12.4. The molecule has 19 heavy (non-hydrogen) atoms. The first-order valence-corrected chi connectivity index (χ1v) is 7.28. The Balaban J connectivity index is 2.70. The van der Waals surface area contributed by atoms with Crippen molar-refractivity contribution >= 4 is 5.82 Å². The normalized spacial score (nSPS) is 12.4. The van der Waals surface area contributed by atoms with E-state index >= 15 is 0 Å². The summed E-state index contributed by atoms with van der Waals surface area (Å²) in [6.45, 7) is 9.14. The van der Waals surface area contributed by atoms with Gasteiger partial charge in [0.15, 0.2) is 0 Å². The van der Waals surface area contributed by atoms with E-state index in [0.717, 1.165) is 31.7 Å². The highest BCUT2D eigenvalue weighted by Crippen LogP contribution is 2.16. The second-order valence-electron chi connectivity index (χ2n) is 4.79. The second-order valence-corrected chi connectivity index (χ2v) is 4.79. The molecule has 0 radical (unpaired) electrons. The molecule has 0 saturated carbocycles. The quantitative estimate of drug-likeness (QED) is 0.719. The number of hydrogen-bond acceptors (Lipinski definition) is 4. The summed E-state index contributed by atoms with van der Waals surface area (Å²) < 4.78 is 0. The Morgan fingerprint density at radius 3 is 2.63 bits per heavy atom. The molecule has 1 aromatic rings. The van der Waals surface area contributed by atoms with Crippen LogP contribution >= 0.6 is 0 Å². The topological polar surface area (TPSA) is 48.4 Å². The van der Waals surface area contributed by atoms with Crippen LogP contribution in [-0.4, -0.2) is 36.3 Å². The standard InChI is InChI=1S/C15H27N3O/c1-4-6-9-18(10-11-19)15-8-7-14(12-17-15)13(3)16-5-2/h7-8,12-13,16,19H,4-6,9-11H2,1-3H3. The fourth-order valence-electron chi connectivity index (χ4n) is 2.08. The molecule has 2 N–H and O–H groups in total. The van der Waals surface area contributed by atoms with E-state index in [1.165, 1.54) is 5.56 Å². The molecule has 1 rings (SSSR count). The van der Waals surface area contributed by atoms with Crippen molar-refractivity contribution in [1.82, 2.24) is 10.3 Å². The Labute approximate surface area is 116 Å². The zero-order chi connectivity index (χ0) is 14.1. The van der Waals surface area contributed by atoms with Crippen LogP contribution in [0.3, 0.4) is 0 Å². The minimum absolute atomic E-state index is 0.168. The maximum atomic E-state index is 9.13. The van der Waals surface area contributed by atoms with Crippen molar-refractivity contribution in [2.24, 2.45) is 0 Å². The maximum absolute atomic E-state index is 9.13. The van der Waals surface area contributed by atoms with E-state index in [-0.39, 0.29) is 6.61 Å². The molecule has 4 heteroatoms. The molecule has 0 bridgehead atoms. The summed E-state index contributed by atoms with van der Waals surface area (Å²) in [6.07, 6.45) is 4.20. The number of nitrogens with one attached hydrogen (secondary N) is 1. The van der Waals surface area contributed by atoms with Crippen LogP contribution in [0, 0.1) is 0 Å². The van der Waals surface area contributed by atoms with E-state index in [4.69, 9.17) is 5.11 Å². The number of aromatic nitrogens is 1. The van der Waals surface area contributed by atoms with Gasteiger partial charge in [-0.15, -0.1) is 0 Å². The molecule has 1 heterocycles. The van der Waals surface area contributed by atoms with Crippen LogP contribution in [-0.2, 0) is 0 Å². The first kappa shape index (κ1) is 15.9. The fraction of sp³-hybridized carbons (Fsp3) is 0.667. The van der Waals surface area contributed by atoms with Crippen LogP contribution in [0.2, 0.25) is 0 Å². The third-order valence-corrected chi connectivity index (χ3v) is 3.26. The van der Waals surface area contributed by atoms with Crippen molar-refractivity contribution in [3.63, 3.8) is 0 Å². The molecule has 1 atom stereocenters. The lowest BCUT2D eigenvalue weighted by atomic mass is 10.1. The van der Waals surface area contributed by atoms with E-state index in [2.05, 4.69) is 48.1 Å². The summed E-state index contributed by atoms with van der Waals surface area (Å²) in [5.41, 5.74) is 1.20. The first-order chi connectivity index (χ1) is 9.22. The average molecular weight is 265 g/mol. The predicted molar refractivity (Wildman–Crippen MR) is 80.5 cm³/mol. The van der Waals surface area contributed by atoms with Gasteiger partial charge in [-0.2, -0.15) is 0 Å². The van der Waals surface area contributed by atoms with Crippen LogP contribution in [0.5, 0.6) is 0 Å². The average Bonchev–Trinajstić information content (AvgIpc) is 2.44. The number of anilines is 1. The molecule has 0 amide bonds. The van der Waals surface area contributed by atoms with Gasteiger partial charge in [0, 0.05) is 25.3 Å². The summed E-state index contributed by atoms with van der Waals surface area (Å²) in [7, 11) is 0. The summed E-state index contributed by atoms with van der Waals surface area (Å²) in [6, 6.07) is 4.49. The molecule has 0 aliphatic carbocycles. The summed E-state index contributed by atoms with van der Waals surface area (Å²) in [5, 5.41) is 12.5. The van der Waals surface area contributed by atoms with Gasteiger partial charge in [-0.25, -0.2) is 4.98 Å². The van der Waals surface area contributed by atoms with Crippen molar-refractivity contribution < 1.29 is 5.11 Å². The van der Waals surface area contributed by atoms with Crippen molar-refractivity contribution in [3.05, 3.63) is 23.9 Å². The number of nitrogens with zero attached hydrogens (tertiary/aromatic N) is 2. The highest BCUT2D eigenvalue weighted by Gasteiger charge is 2.08. The highest BCUT2D eigenvalue weighted by molar-refractivity contribution is 5.39. The molecule has 0 aliphatic rings. The second kappa shape index (κ2) is 8.88. The van der Waals surface area contributed by atoms with E-state index in [1.807, 2.05) is 6.20 Å². The molecular weight excluding hydrogens is 238 g/mol. The molecule has 0 aliphatic heterocycles. The van der Waals surface area contributed by atoms with Crippen molar-refractivity contribution in [2.45, 2.75) is 39.7 Å².